The van der Waals surface area contributed by atoms with Gasteiger partial charge < -0.3 is 27.9 Å². The monoisotopic (exact) mass is 1280 g/mol. The standard InChI is InChI=1S/C80H142NO8P/c1-6-8-10-12-14-16-18-20-22-24-26-28-30-32-34-36-38-40-42-44-46-48-50-52-54-56-58-60-62-64-66-68-70-72-79(82)86-76-78(77-88-90(84,85)87-75-74-81(3,4)5)89-80(83)73-71-69-67-65-63-61-59-57-55-53-51-49-47-45-43-41-39-37-35-33-31-29-27-25-23-21-19-17-15-13-11-9-7-2/h9,11,15,17-18,20-21,23-24,26-27,29-30,32-33,35,39,41,78H,6-8,10,12-14,16,19,22,25,28,31,34,36-38,40,42-77H2,1-5H3/b11-9-,17-15-,20-18-,23-21-,26-24-,29-27-,32-30-,35-33-,41-39-. The third kappa shape index (κ3) is 73.7. The number of carbonyl (C=O) groups excluding carboxylic acids is 2. The molecule has 10 heteroatoms. The zero-order valence-electron chi connectivity index (χ0n) is 59.3. The molecular weight excluding hydrogens is 1130 g/mol. The second kappa shape index (κ2) is 70.0. The maximum atomic E-state index is 12.9. The lowest BCUT2D eigenvalue weighted by molar-refractivity contribution is -0.870. The van der Waals surface area contributed by atoms with Crippen LogP contribution >= 0.6 is 7.82 Å². The van der Waals surface area contributed by atoms with Crippen LogP contribution in [0.4, 0.5) is 0 Å². The van der Waals surface area contributed by atoms with Crippen molar-refractivity contribution in [3.63, 3.8) is 0 Å². The zero-order valence-corrected chi connectivity index (χ0v) is 60.2. The molecule has 0 saturated carbocycles. The number of likely N-dealkylation sites (N-methyl/N-ethyl adjacent to an activating group) is 1. The molecule has 0 heterocycles. The Balaban J connectivity index is 4.01. The molecular formula is C80H142NO8P. The molecule has 0 aromatic rings. The predicted octanol–water partition coefficient (Wildman–Crippen LogP) is 24.2. The minimum absolute atomic E-state index is 0.0333. The minimum atomic E-state index is -4.65. The average molecular weight is 1280 g/mol. The molecule has 0 rings (SSSR count). The van der Waals surface area contributed by atoms with E-state index in [1.165, 1.54) is 212 Å². The number of nitrogens with zero attached hydrogens (tertiary/aromatic N) is 1. The van der Waals surface area contributed by atoms with Crippen molar-refractivity contribution in [1.29, 1.82) is 0 Å². The smallest absolute Gasteiger partial charge is 0.306 e. The summed E-state index contributed by atoms with van der Waals surface area (Å²) in [4.78, 5) is 38.1. The summed E-state index contributed by atoms with van der Waals surface area (Å²) >= 11 is 0. The molecule has 0 aliphatic rings. The van der Waals surface area contributed by atoms with Crippen LogP contribution in [0.5, 0.6) is 0 Å². The third-order valence-corrected chi connectivity index (χ3v) is 17.2. The van der Waals surface area contributed by atoms with Crippen molar-refractivity contribution in [3.05, 3.63) is 109 Å². The molecule has 0 bridgehead atoms. The first-order valence-electron chi connectivity index (χ1n) is 37.6. The largest absolute Gasteiger partial charge is 0.756 e. The van der Waals surface area contributed by atoms with Gasteiger partial charge in [-0.05, 0) is 103 Å². The summed E-state index contributed by atoms with van der Waals surface area (Å²) in [5.41, 5.74) is 0. The van der Waals surface area contributed by atoms with E-state index in [0.717, 1.165) is 89.9 Å². The van der Waals surface area contributed by atoms with E-state index in [9.17, 15) is 19.0 Å². The Morgan fingerprint density at radius 2 is 0.633 bits per heavy atom. The van der Waals surface area contributed by atoms with E-state index in [1.807, 2.05) is 21.1 Å². The number of phosphoric acid groups is 1. The van der Waals surface area contributed by atoms with Crippen LogP contribution in [0.1, 0.15) is 335 Å². The Hall–Kier alpha value is -3.33. The Morgan fingerprint density at radius 1 is 0.356 bits per heavy atom. The Bertz CT molecular complexity index is 1890. The number of unbranched alkanes of at least 4 members (excludes halogenated alkanes) is 37. The highest BCUT2D eigenvalue weighted by Gasteiger charge is 2.22. The second-order valence-electron chi connectivity index (χ2n) is 26.3. The summed E-state index contributed by atoms with van der Waals surface area (Å²) < 4.78 is 34.4. The number of allylic oxidation sites excluding steroid dienone is 18. The van der Waals surface area contributed by atoms with Crippen LogP contribution < -0.4 is 4.89 Å². The first kappa shape index (κ1) is 86.7. The SMILES string of the molecule is CC/C=C\C/C=C\C/C=C\C/C=C\C/C=C\C/C=C\CCCCCCCCCCCCCCCCC(=O)OC(COC(=O)CCCCCCCCCCCCCCCCCCCC/C=C\C/C=C\C/C=C\CCCCCCC)COP(=O)([O-])OCC[N+](C)(C)C. The number of hydrogen-bond donors (Lipinski definition) is 0. The van der Waals surface area contributed by atoms with Crippen molar-refractivity contribution in [2.75, 3.05) is 47.5 Å². The fourth-order valence-corrected chi connectivity index (χ4v) is 11.3. The normalized spacial score (nSPS) is 13.7. The summed E-state index contributed by atoms with van der Waals surface area (Å²) in [6.07, 6.45) is 99.0. The van der Waals surface area contributed by atoms with Crippen molar-refractivity contribution >= 4 is 19.8 Å². The van der Waals surface area contributed by atoms with E-state index in [-0.39, 0.29) is 32.0 Å². The Labute approximate surface area is 556 Å². The zero-order chi connectivity index (χ0) is 65.5. The fraction of sp³-hybridized carbons (Fsp3) is 0.750. The molecule has 520 valence electrons. The predicted molar refractivity (Wildman–Crippen MR) is 388 cm³/mol. The van der Waals surface area contributed by atoms with Crippen molar-refractivity contribution in [2.24, 2.45) is 0 Å². The highest BCUT2D eigenvalue weighted by Crippen LogP contribution is 2.38. The quantitative estimate of drug-likeness (QED) is 0.0195. The maximum Gasteiger partial charge on any atom is 0.306 e. The number of carbonyl (C=O) groups is 2. The Morgan fingerprint density at radius 3 is 0.944 bits per heavy atom. The topological polar surface area (TPSA) is 111 Å². The summed E-state index contributed by atoms with van der Waals surface area (Å²) in [6.45, 7) is 4.15. The lowest BCUT2D eigenvalue weighted by atomic mass is 10.0. The molecule has 0 aromatic carbocycles. The summed E-state index contributed by atoms with van der Waals surface area (Å²) in [5, 5.41) is 0. The van der Waals surface area contributed by atoms with Crippen molar-refractivity contribution in [2.45, 2.75) is 341 Å². The van der Waals surface area contributed by atoms with Gasteiger partial charge in [-0.2, -0.15) is 0 Å². The number of hydrogen-bond acceptors (Lipinski definition) is 8. The van der Waals surface area contributed by atoms with E-state index in [0.29, 0.717) is 17.4 Å². The molecule has 2 unspecified atom stereocenters. The number of phosphoric ester groups is 1. The molecule has 0 fully saturated rings. The molecule has 0 amide bonds. The van der Waals surface area contributed by atoms with Crippen LogP contribution in [0.2, 0.25) is 0 Å². The molecule has 0 radical (unpaired) electrons. The Kier molecular flexibility index (Phi) is 67.4. The minimum Gasteiger partial charge on any atom is -0.756 e. The van der Waals surface area contributed by atoms with Gasteiger partial charge in [0.2, 0.25) is 0 Å². The van der Waals surface area contributed by atoms with Crippen LogP contribution in [0.15, 0.2) is 109 Å². The number of quaternary nitrogens is 1. The summed E-state index contributed by atoms with van der Waals surface area (Å²) in [5.74, 6) is -0.825. The van der Waals surface area contributed by atoms with E-state index in [1.54, 1.807) is 0 Å². The van der Waals surface area contributed by atoms with Crippen molar-refractivity contribution in [1.82, 2.24) is 0 Å². The maximum absolute atomic E-state index is 12.9. The molecule has 2 atom stereocenters. The van der Waals surface area contributed by atoms with Crippen LogP contribution in [-0.4, -0.2) is 70.0 Å². The molecule has 0 saturated heterocycles. The van der Waals surface area contributed by atoms with Crippen molar-refractivity contribution < 1.29 is 42.1 Å². The van der Waals surface area contributed by atoms with E-state index in [2.05, 4.69) is 123 Å². The highest BCUT2D eigenvalue weighted by atomic mass is 31.2. The van der Waals surface area contributed by atoms with Gasteiger partial charge in [0.15, 0.2) is 6.10 Å². The van der Waals surface area contributed by atoms with Crippen LogP contribution in [0, 0.1) is 0 Å². The fourth-order valence-electron chi connectivity index (χ4n) is 10.6. The first-order valence-corrected chi connectivity index (χ1v) is 39.1. The average Bonchev–Trinajstić information content (AvgIpc) is 3.58. The van der Waals surface area contributed by atoms with Crippen LogP contribution in [-0.2, 0) is 32.7 Å². The van der Waals surface area contributed by atoms with Gasteiger partial charge in [0, 0.05) is 12.8 Å². The van der Waals surface area contributed by atoms with Gasteiger partial charge in [-0.1, -0.05) is 329 Å². The van der Waals surface area contributed by atoms with Gasteiger partial charge in [0.05, 0.1) is 27.7 Å². The first-order chi connectivity index (χ1) is 44.0. The van der Waals surface area contributed by atoms with Gasteiger partial charge >= 0.3 is 11.9 Å². The van der Waals surface area contributed by atoms with E-state index < -0.39 is 26.5 Å². The number of ether oxygens (including phenoxy) is 2. The second-order valence-corrected chi connectivity index (χ2v) is 27.7. The number of esters is 2. The molecule has 0 N–H and O–H groups in total. The molecule has 0 aromatic heterocycles. The molecule has 9 nitrogen and oxygen atoms in total. The molecule has 0 aliphatic carbocycles. The van der Waals surface area contributed by atoms with Gasteiger partial charge in [-0.15, -0.1) is 0 Å². The van der Waals surface area contributed by atoms with E-state index in [4.69, 9.17) is 18.5 Å². The van der Waals surface area contributed by atoms with Crippen molar-refractivity contribution in [3.8, 4) is 0 Å². The van der Waals surface area contributed by atoms with Crippen LogP contribution in [0.25, 0.3) is 0 Å². The lowest BCUT2D eigenvalue weighted by Crippen LogP contribution is -2.37. The third-order valence-electron chi connectivity index (χ3n) is 16.3. The molecule has 0 spiro atoms. The highest BCUT2D eigenvalue weighted by molar-refractivity contribution is 7.45. The van der Waals surface area contributed by atoms with Gasteiger partial charge in [-0.25, -0.2) is 0 Å². The number of rotatable bonds is 69. The summed E-state index contributed by atoms with van der Waals surface area (Å²) in [7, 11) is 1.17. The van der Waals surface area contributed by atoms with Gasteiger partial charge in [0.25, 0.3) is 7.82 Å². The van der Waals surface area contributed by atoms with Gasteiger partial charge in [0.1, 0.15) is 19.8 Å². The van der Waals surface area contributed by atoms with Gasteiger partial charge in [-0.3, -0.25) is 14.2 Å². The molecule has 90 heavy (non-hydrogen) atoms. The summed E-state index contributed by atoms with van der Waals surface area (Å²) in [6, 6.07) is 0. The molecule has 0 aliphatic heterocycles. The van der Waals surface area contributed by atoms with E-state index >= 15 is 0 Å². The van der Waals surface area contributed by atoms with Crippen LogP contribution in [0.3, 0.4) is 0 Å². The lowest BCUT2D eigenvalue weighted by Gasteiger charge is -2.28.